The van der Waals surface area contributed by atoms with Gasteiger partial charge in [-0.3, -0.25) is 0 Å². The second kappa shape index (κ2) is 4.49. The summed E-state index contributed by atoms with van der Waals surface area (Å²) in [6.45, 7) is 6.32. The lowest BCUT2D eigenvalue weighted by Gasteiger charge is -2.03. The van der Waals surface area contributed by atoms with Gasteiger partial charge in [-0.2, -0.15) is 0 Å². The highest BCUT2D eigenvalue weighted by atomic mass is 79.9. The summed E-state index contributed by atoms with van der Waals surface area (Å²) < 4.78 is 3.15. The molecule has 0 amide bonds. The summed E-state index contributed by atoms with van der Waals surface area (Å²) in [5, 5.41) is 0. The average molecular weight is 315 g/mol. The number of pyridine rings is 1. The molecule has 2 heterocycles. The van der Waals surface area contributed by atoms with Crippen LogP contribution >= 0.6 is 15.9 Å². The first kappa shape index (κ1) is 12.4. The minimum atomic E-state index is 1.01. The zero-order chi connectivity index (χ0) is 13.6. The molecule has 3 aromatic rings. The highest BCUT2D eigenvalue weighted by Gasteiger charge is 2.09. The van der Waals surface area contributed by atoms with Crippen molar-refractivity contribution < 1.29 is 0 Å². The van der Waals surface area contributed by atoms with E-state index in [-0.39, 0.29) is 0 Å². The average Bonchev–Trinajstić information content (AvgIpc) is 2.76. The van der Waals surface area contributed by atoms with Crippen molar-refractivity contribution in [2.75, 3.05) is 0 Å². The predicted octanol–water partition coefficient (Wildman–Crippen LogP) is 4.69. The Morgan fingerprint density at radius 1 is 1.00 bits per heavy atom. The fourth-order valence-corrected chi connectivity index (χ4v) is 2.93. The molecule has 0 aliphatic carbocycles. The van der Waals surface area contributed by atoms with Gasteiger partial charge in [0.2, 0.25) is 0 Å². The van der Waals surface area contributed by atoms with E-state index in [0.717, 1.165) is 15.8 Å². The van der Waals surface area contributed by atoms with Crippen molar-refractivity contribution in [3.8, 4) is 11.3 Å². The van der Waals surface area contributed by atoms with Gasteiger partial charge in [0.15, 0.2) is 0 Å². The standard InChI is InChI=1S/C16H15BrN2/c1-10-4-5-11(2)14(6-10)15-9-19-8-13(17)7-12(3)16(19)18-15/h4-9H,1-3H3. The number of aromatic nitrogens is 2. The van der Waals surface area contributed by atoms with Gasteiger partial charge in [0, 0.05) is 22.4 Å². The maximum absolute atomic E-state index is 4.77. The molecule has 0 N–H and O–H groups in total. The predicted molar refractivity (Wildman–Crippen MR) is 82.5 cm³/mol. The Morgan fingerprint density at radius 3 is 2.58 bits per heavy atom. The maximum Gasteiger partial charge on any atom is 0.140 e. The second-order valence-electron chi connectivity index (χ2n) is 5.02. The van der Waals surface area contributed by atoms with Crippen molar-refractivity contribution in [2.45, 2.75) is 20.8 Å². The number of rotatable bonds is 1. The number of imidazole rings is 1. The number of nitrogens with zero attached hydrogens (tertiary/aromatic N) is 2. The molecule has 0 atom stereocenters. The molecular weight excluding hydrogens is 300 g/mol. The van der Waals surface area contributed by atoms with Gasteiger partial charge in [-0.25, -0.2) is 4.98 Å². The van der Waals surface area contributed by atoms with Crippen LogP contribution in [0.25, 0.3) is 16.9 Å². The van der Waals surface area contributed by atoms with E-state index in [9.17, 15) is 0 Å². The lowest BCUT2D eigenvalue weighted by Crippen LogP contribution is -1.86. The summed E-state index contributed by atoms with van der Waals surface area (Å²) in [6.07, 6.45) is 4.14. The van der Waals surface area contributed by atoms with E-state index in [1.807, 2.05) is 6.20 Å². The van der Waals surface area contributed by atoms with E-state index in [1.165, 1.54) is 22.3 Å². The van der Waals surface area contributed by atoms with E-state index in [2.05, 4.69) is 71.6 Å². The molecular formula is C16H15BrN2. The SMILES string of the molecule is Cc1ccc(C)c(-c2cn3cc(Br)cc(C)c3n2)c1. The van der Waals surface area contributed by atoms with Crippen molar-refractivity contribution >= 4 is 21.6 Å². The number of hydrogen-bond donors (Lipinski definition) is 0. The third kappa shape index (κ3) is 2.19. The summed E-state index contributed by atoms with van der Waals surface area (Å²) in [6, 6.07) is 8.57. The molecule has 3 heteroatoms. The van der Waals surface area contributed by atoms with E-state index < -0.39 is 0 Å². The van der Waals surface area contributed by atoms with E-state index in [0.29, 0.717) is 0 Å². The molecule has 1 aromatic carbocycles. The number of halogens is 1. The zero-order valence-corrected chi connectivity index (χ0v) is 12.8. The molecule has 2 aromatic heterocycles. The van der Waals surface area contributed by atoms with Crippen molar-refractivity contribution in [3.05, 3.63) is 57.8 Å². The molecule has 96 valence electrons. The minimum Gasteiger partial charge on any atom is -0.305 e. The van der Waals surface area contributed by atoms with Gasteiger partial charge >= 0.3 is 0 Å². The highest BCUT2D eigenvalue weighted by molar-refractivity contribution is 9.10. The first-order chi connectivity index (χ1) is 9.04. The third-order valence-corrected chi connectivity index (χ3v) is 3.80. The van der Waals surface area contributed by atoms with Crippen molar-refractivity contribution in [1.29, 1.82) is 0 Å². The van der Waals surface area contributed by atoms with Crippen LogP contribution < -0.4 is 0 Å². The Labute approximate surface area is 121 Å². The first-order valence-corrected chi connectivity index (χ1v) is 7.06. The number of aryl methyl sites for hydroxylation is 3. The van der Waals surface area contributed by atoms with Crippen molar-refractivity contribution in [1.82, 2.24) is 9.38 Å². The zero-order valence-electron chi connectivity index (χ0n) is 11.2. The topological polar surface area (TPSA) is 17.3 Å². The van der Waals surface area contributed by atoms with Crippen LogP contribution in [0.3, 0.4) is 0 Å². The molecule has 0 aliphatic heterocycles. The fourth-order valence-electron chi connectivity index (χ4n) is 2.37. The van der Waals surface area contributed by atoms with Gasteiger partial charge in [0.1, 0.15) is 5.65 Å². The molecule has 2 nitrogen and oxygen atoms in total. The van der Waals surface area contributed by atoms with Crippen molar-refractivity contribution in [2.24, 2.45) is 0 Å². The second-order valence-corrected chi connectivity index (χ2v) is 5.93. The molecule has 0 saturated carbocycles. The van der Waals surface area contributed by atoms with E-state index in [4.69, 9.17) is 4.98 Å². The van der Waals surface area contributed by atoms with Crippen LogP contribution in [0.1, 0.15) is 16.7 Å². The summed E-state index contributed by atoms with van der Waals surface area (Å²) in [5.41, 5.74) is 6.94. The monoisotopic (exact) mass is 314 g/mol. The maximum atomic E-state index is 4.77. The van der Waals surface area contributed by atoms with Gasteiger partial charge in [0.05, 0.1) is 5.69 Å². The van der Waals surface area contributed by atoms with Crippen LogP contribution in [0.5, 0.6) is 0 Å². The van der Waals surface area contributed by atoms with E-state index >= 15 is 0 Å². The summed E-state index contributed by atoms with van der Waals surface area (Å²) in [5.74, 6) is 0. The molecule has 0 saturated heterocycles. The molecule has 0 fully saturated rings. The number of hydrogen-bond acceptors (Lipinski definition) is 1. The Hall–Kier alpha value is -1.61. The highest BCUT2D eigenvalue weighted by Crippen LogP contribution is 2.26. The summed E-state index contributed by atoms with van der Waals surface area (Å²) in [4.78, 5) is 4.77. The van der Waals surface area contributed by atoms with Crippen molar-refractivity contribution in [3.63, 3.8) is 0 Å². The fraction of sp³-hybridized carbons (Fsp3) is 0.188. The Balaban J connectivity index is 2.26. The Kier molecular flexibility index (Phi) is 2.94. The molecule has 0 radical (unpaired) electrons. The minimum absolute atomic E-state index is 1.01. The van der Waals surface area contributed by atoms with Crippen LogP contribution in [0, 0.1) is 20.8 Å². The van der Waals surface area contributed by atoms with Crippen LogP contribution in [0.2, 0.25) is 0 Å². The molecule has 19 heavy (non-hydrogen) atoms. The Bertz CT molecular complexity index is 772. The Morgan fingerprint density at radius 2 is 1.79 bits per heavy atom. The van der Waals surface area contributed by atoms with Gasteiger partial charge in [-0.1, -0.05) is 17.7 Å². The normalized spacial score (nSPS) is 11.2. The van der Waals surface area contributed by atoms with Gasteiger partial charge in [-0.15, -0.1) is 0 Å². The van der Waals surface area contributed by atoms with Gasteiger partial charge < -0.3 is 4.40 Å². The first-order valence-electron chi connectivity index (χ1n) is 6.27. The van der Waals surface area contributed by atoms with Crippen LogP contribution in [0.15, 0.2) is 41.1 Å². The third-order valence-electron chi connectivity index (χ3n) is 3.37. The quantitative estimate of drug-likeness (QED) is 0.637. The summed E-state index contributed by atoms with van der Waals surface area (Å²) >= 11 is 3.53. The lowest BCUT2D eigenvalue weighted by atomic mass is 10.0. The molecule has 0 spiro atoms. The lowest BCUT2D eigenvalue weighted by molar-refractivity contribution is 1.15. The summed E-state index contributed by atoms with van der Waals surface area (Å²) in [7, 11) is 0. The molecule has 0 aliphatic rings. The molecule has 3 rings (SSSR count). The number of benzene rings is 1. The molecule has 0 unspecified atom stereocenters. The van der Waals surface area contributed by atoms with E-state index in [1.54, 1.807) is 0 Å². The van der Waals surface area contributed by atoms with Crippen LogP contribution in [-0.4, -0.2) is 9.38 Å². The smallest absolute Gasteiger partial charge is 0.140 e. The number of fused-ring (bicyclic) bond motifs is 1. The van der Waals surface area contributed by atoms with Gasteiger partial charge in [0.25, 0.3) is 0 Å². The van der Waals surface area contributed by atoms with Gasteiger partial charge in [-0.05, 0) is 60.0 Å². The molecule has 0 bridgehead atoms. The largest absolute Gasteiger partial charge is 0.305 e. The van der Waals surface area contributed by atoms with Crippen LogP contribution in [0.4, 0.5) is 0 Å². The van der Waals surface area contributed by atoms with Crippen LogP contribution in [-0.2, 0) is 0 Å².